The average molecular weight is 406 g/mol. The smallest absolute Gasteiger partial charge is 0.289 e. The fourth-order valence-corrected chi connectivity index (χ4v) is 4.02. The standard InChI is InChI=1S/C18H20BrN3O3/c19-16-5-4-15(25-16)18(24)21-8-6-12(7-9-21)11-22-17(23)10-13-2-1-3-14(13)20-22/h4-5,10,12H,1-3,6-9,11H2. The Morgan fingerprint density at radius 3 is 2.80 bits per heavy atom. The number of carbonyl (C=O) groups excluding carboxylic acids is 1. The minimum Gasteiger partial charge on any atom is -0.444 e. The lowest BCUT2D eigenvalue weighted by Crippen LogP contribution is -2.40. The van der Waals surface area contributed by atoms with E-state index in [2.05, 4.69) is 21.0 Å². The van der Waals surface area contributed by atoms with Crippen LogP contribution in [0.25, 0.3) is 0 Å². The molecule has 7 heteroatoms. The van der Waals surface area contributed by atoms with Crippen molar-refractivity contribution in [2.24, 2.45) is 5.92 Å². The second-order valence-corrected chi connectivity index (χ2v) is 7.61. The van der Waals surface area contributed by atoms with Crippen LogP contribution in [0.4, 0.5) is 0 Å². The van der Waals surface area contributed by atoms with E-state index in [9.17, 15) is 9.59 Å². The summed E-state index contributed by atoms with van der Waals surface area (Å²) in [6.07, 6.45) is 4.79. The second kappa shape index (κ2) is 6.78. The number of piperidine rings is 1. The van der Waals surface area contributed by atoms with Crippen LogP contribution in [0.2, 0.25) is 0 Å². The Labute approximate surface area is 153 Å². The molecule has 1 fully saturated rings. The molecule has 2 aliphatic rings. The van der Waals surface area contributed by atoms with E-state index in [1.54, 1.807) is 22.9 Å². The third-order valence-electron chi connectivity index (χ3n) is 5.14. The molecular formula is C18H20BrN3O3. The van der Waals surface area contributed by atoms with Crippen LogP contribution in [0.3, 0.4) is 0 Å². The summed E-state index contributed by atoms with van der Waals surface area (Å²) in [6.45, 7) is 2.00. The Morgan fingerprint density at radius 2 is 2.08 bits per heavy atom. The number of halogens is 1. The molecule has 25 heavy (non-hydrogen) atoms. The van der Waals surface area contributed by atoms with Crippen molar-refractivity contribution in [1.29, 1.82) is 0 Å². The van der Waals surface area contributed by atoms with E-state index in [-0.39, 0.29) is 11.5 Å². The third-order valence-corrected chi connectivity index (χ3v) is 5.57. The molecule has 6 nitrogen and oxygen atoms in total. The van der Waals surface area contributed by atoms with Gasteiger partial charge in [0.05, 0.1) is 5.69 Å². The molecule has 1 aliphatic carbocycles. The molecule has 1 aliphatic heterocycles. The van der Waals surface area contributed by atoms with Crippen LogP contribution in [0, 0.1) is 5.92 Å². The third kappa shape index (κ3) is 3.42. The second-order valence-electron chi connectivity index (χ2n) is 6.83. The maximum Gasteiger partial charge on any atom is 0.289 e. The first-order valence-electron chi connectivity index (χ1n) is 8.74. The summed E-state index contributed by atoms with van der Waals surface area (Å²) in [4.78, 5) is 26.5. The van der Waals surface area contributed by atoms with Crippen molar-refractivity contribution in [3.8, 4) is 0 Å². The van der Waals surface area contributed by atoms with E-state index in [0.29, 0.717) is 36.0 Å². The molecular weight excluding hydrogens is 386 g/mol. The van der Waals surface area contributed by atoms with Gasteiger partial charge in [0.1, 0.15) is 0 Å². The van der Waals surface area contributed by atoms with Gasteiger partial charge in [-0.05, 0) is 71.6 Å². The van der Waals surface area contributed by atoms with Crippen LogP contribution in [0.15, 0.2) is 32.1 Å². The van der Waals surface area contributed by atoms with Crippen molar-refractivity contribution < 1.29 is 9.21 Å². The molecule has 0 radical (unpaired) electrons. The normalized spacial score (nSPS) is 17.7. The lowest BCUT2D eigenvalue weighted by atomic mass is 9.96. The molecule has 3 heterocycles. The lowest BCUT2D eigenvalue weighted by molar-refractivity contribution is 0.0647. The van der Waals surface area contributed by atoms with Crippen molar-refractivity contribution in [2.75, 3.05) is 13.1 Å². The number of rotatable bonds is 3. The van der Waals surface area contributed by atoms with Gasteiger partial charge < -0.3 is 9.32 Å². The summed E-state index contributed by atoms with van der Waals surface area (Å²) < 4.78 is 7.53. The van der Waals surface area contributed by atoms with Crippen molar-refractivity contribution in [3.05, 3.63) is 50.2 Å². The minimum atomic E-state index is -0.0722. The Morgan fingerprint density at radius 1 is 1.28 bits per heavy atom. The predicted octanol–water partition coefficient (Wildman–Crippen LogP) is 2.64. The monoisotopic (exact) mass is 405 g/mol. The van der Waals surface area contributed by atoms with Crippen molar-refractivity contribution >= 4 is 21.8 Å². The van der Waals surface area contributed by atoms with Crippen LogP contribution in [0.5, 0.6) is 0 Å². The highest BCUT2D eigenvalue weighted by atomic mass is 79.9. The van der Waals surface area contributed by atoms with E-state index in [1.807, 2.05) is 4.90 Å². The molecule has 1 saturated heterocycles. The summed E-state index contributed by atoms with van der Waals surface area (Å²) in [5.41, 5.74) is 2.20. The van der Waals surface area contributed by atoms with E-state index in [4.69, 9.17) is 4.42 Å². The molecule has 2 aromatic rings. The van der Waals surface area contributed by atoms with Crippen LogP contribution >= 0.6 is 15.9 Å². The van der Waals surface area contributed by atoms with Gasteiger partial charge >= 0.3 is 0 Å². The van der Waals surface area contributed by atoms with E-state index < -0.39 is 0 Å². The largest absolute Gasteiger partial charge is 0.444 e. The van der Waals surface area contributed by atoms with Crippen LogP contribution in [-0.2, 0) is 19.4 Å². The Balaban J connectivity index is 1.38. The van der Waals surface area contributed by atoms with Gasteiger partial charge in [0.15, 0.2) is 10.4 Å². The number of hydrogen-bond acceptors (Lipinski definition) is 4. The van der Waals surface area contributed by atoms with E-state index >= 15 is 0 Å². The zero-order chi connectivity index (χ0) is 17.4. The van der Waals surface area contributed by atoms with Gasteiger partial charge in [-0.1, -0.05) is 0 Å². The molecule has 0 spiro atoms. The number of carbonyl (C=O) groups is 1. The minimum absolute atomic E-state index is 0.000378. The van der Waals surface area contributed by atoms with Crippen molar-refractivity contribution in [3.63, 3.8) is 0 Å². The molecule has 132 valence electrons. The van der Waals surface area contributed by atoms with E-state index in [1.165, 1.54) is 0 Å². The topological polar surface area (TPSA) is 68.3 Å². The number of hydrogen-bond donors (Lipinski definition) is 0. The van der Waals surface area contributed by atoms with Crippen LogP contribution in [-0.4, -0.2) is 33.7 Å². The Hall–Kier alpha value is -1.89. The Bertz CT molecular complexity index is 849. The number of aryl methyl sites for hydroxylation is 2. The summed E-state index contributed by atoms with van der Waals surface area (Å²) in [5.74, 6) is 0.663. The van der Waals surface area contributed by atoms with E-state index in [0.717, 1.165) is 43.4 Å². The first kappa shape index (κ1) is 16.6. The van der Waals surface area contributed by atoms with Gasteiger partial charge in [0, 0.05) is 25.7 Å². The molecule has 4 rings (SSSR count). The molecule has 0 saturated carbocycles. The van der Waals surface area contributed by atoms with Gasteiger partial charge in [0.2, 0.25) is 0 Å². The fraction of sp³-hybridized carbons (Fsp3) is 0.500. The van der Waals surface area contributed by atoms with Gasteiger partial charge in [-0.2, -0.15) is 5.10 Å². The number of aromatic nitrogens is 2. The first-order chi connectivity index (χ1) is 12.1. The predicted molar refractivity (Wildman–Crippen MR) is 95.6 cm³/mol. The number of amides is 1. The summed E-state index contributed by atoms with van der Waals surface area (Å²) in [5, 5.41) is 4.55. The lowest BCUT2D eigenvalue weighted by Gasteiger charge is -2.31. The summed E-state index contributed by atoms with van der Waals surface area (Å²) in [7, 11) is 0. The molecule has 0 N–H and O–H groups in total. The van der Waals surface area contributed by atoms with Gasteiger partial charge in [0.25, 0.3) is 11.5 Å². The maximum atomic E-state index is 12.4. The highest BCUT2D eigenvalue weighted by molar-refractivity contribution is 9.10. The van der Waals surface area contributed by atoms with Crippen LogP contribution in [0.1, 0.15) is 41.1 Å². The number of fused-ring (bicyclic) bond motifs is 1. The SMILES string of the molecule is O=C(c1ccc(Br)o1)N1CCC(Cn2nc3c(cc2=O)CCC3)CC1. The highest BCUT2D eigenvalue weighted by Crippen LogP contribution is 2.23. The molecule has 0 atom stereocenters. The van der Waals surface area contributed by atoms with Gasteiger partial charge in [-0.15, -0.1) is 0 Å². The number of furan rings is 1. The zero-order valence-corrected chi connectivity index (χ0v) is 15.5. The molecule has 0 aromatic carbocycles. The Kier molecular flexibility index (Phi) is 4.50. The summed E-state index contributed by atoms with van der Waals surface area (Å²) in [6, 6.07) is 5.17. The first-order valence-corrected chi connectivity index (χ1v) is 9.54. The molecule has 0 unspecified atom stereocenters. The van der Waals surface area contributed by atoms with Gasteiger partial charge in [-0.25, -0.2) is 4.68 Å². The fourth-order valence-electron chi connectivity index (χ4n) is 3.72. The molecule has 2 aromatic heterocycles. The zero-order valence-electron chi connectivity index (χ0n) is 13.9. The average Bonchev–Trinajstić information content (AvgIpc) is 3.24. The summed E-state index contributed by atoms with van der Waals surface area (Å²) >= 11 is 3.22. The highest BCUT2D eigenvalue weighted by Gasteiger charge is 2.26. The molecule has 0 bridgehead atoms. The van der Waals surface area contributed by atoms with Crippen molar-refractivity contribution in [2.45, 2.75) is 38.6 Å². The number of nitrogens with zero attached hydrogens (tertiary/aromatic N) is 3. The number of likely N-dealkylation sites (tertiary alicyclic amines) is 1. The quantitative estimate of drug-likeness (QED) is 0.786. The molecule has 1 amide bonds. The maximum absolute atomic E-state index is 12.4. The van der Waals surface area contributed by atoms with Gasteiger partial charge in [-0.3, -0.25) is 9.59 Å². The van der Waals surface area contributed by atoms with Crippen LogP contribution < -0.4 is 5.56 Å². The van der Waals surface area contributed by atoms with Crippen molar-refractivity contribution in [1.82, 2.24) is 14.7 Å².